The second kappa shape index (κ2) is 9.46. The number of hydrogen-bond acceptors (Lipinski definition) is 7. The molecule has 180 valence electrons. The molecule has 8 nitrogen and oxygen atoms in total. The van der Waals surface area contributed by atoms with Crippen LogP contribution in [0.25, 0.3) is 0 Å². The highest BCUT2D eigenvalue weighted by Gasteiger charge is 2.34. The van der Waals surface area contributed by atoms with Crippen LogP contribution in [-0.4, -0.2) is 26.6 Å². The van der Waals surface area contributed by atoms with Crippen LogP contribution in [0.1, 0.15) is 46.5 Å². The summed E-state index contributed by atoms with van der Waals surface area (Å²) in [5.74, 6) is -0.336. The van der Waals surface area contributed by atoms with Crippen molar-refractivity contribution in [2.75, 3.05) is 12.8 Å². The third-order valence-corrected chi connectivity index (χ3v) is 7.94. The van der Waals surface area contributed by atoms with Gasteiger partial charge in [0.15, 0.2) is 0 Å². The third-order valence-electron chi connectivity index (χ3n) is 6.13. The van der Waals surface area contributed by atoms with E-state index in [-0.39, 0.29) is 21.0 Å². The summed E-state index contributed by atoms with van der Waals surface area (Å²) in [6.07, 6.45) is 0. The Labute approximate surface area is 199 Å². The molecule has 0 saturated carbocycles. The second-order valence-electron chi connectivity index (χ2n) is 8.48. The van der Waals surface area contributed by atoms with Crippen LogP contribution in [0.2, 0.25) is 0 Å². The van der Waals surface area contributed by atoms with Gasteiger partial charge >= 0.3 is 0 Å². The number of benzene rings is 3. The molecule has 34 heavy (non-hydrogen) atoms. The van der Waals surface area contributed by atoms with E-state index in [9.17, 15) is 18.4 Å². The van der Waals surface area contributed by atoms with Crippen LogP contribution < -0.4 is 21.7 Å². The molecule has 1 amide bonds. The predicted molar refractivity (Wildman–Crippen MR) is 130 cm³/mol. The molecule has 0 radical (unpaired) electrons. The van der Waals surface area contributed by atoms with Crippen molar-refractivity contribution in [3.05, 3.63) is 82.4 Å². The fourth-order valence-electron chi connectivity index (χ4n) is 4.15. The Bertz CT molecular complexity index is 1320. The number of ether oxygens (including phenoxy) is 1. The van der Waals surface area contributed by atoms with Crippen molar-refractivity contribution in [3.8, 4) is 5.75 Å². The Morgan fingerprint density at radius 1 is 1.09 bits per heavy atom. The van der Waals surface area contributed by atoms with E-state index < -0.39 is 21.2 Å². The lowest BCUT2D eigenvalue weighted by Gasteiger charge is -2.31. The topological polar surface area (TPSA) is 145 Å². The number of rotatable bonds is 7. The standard InChI is InChI=1S/C25H29N3O5S/c1-15-22(25(2,3)17-7-5-16(14-26)6-8-17)20(24(29)28-30)13-21(23(15)27)34(31,32)19-11-9-18(33-4)10-12-19/h5-13,30H,14,26-27H2,1-4H3,(H,28,29). The van der Waals surface area contributed by atoms with Gasteiger partial charge in [-0.05, 0) is 59.5 Å². The van der Waals surface area contributed by atoms with Gasteiger partial charge in [0.25, 0.3) is 5.91 Å². The highest BCUT2D eigenvalue weighted by Crippen LogP contribution is 2.41. The summed E-state index contributed by atoms with van der Waals surface area (Å²) in [6.45, 7) is 5.86. The SMILES string of the molecule is COc1ccc(S(=O)(=O)c2cc(C(=O)NO)c(C(C)(C)c3ccc(CN)cc3)c(C)c2N)cc1. The minimum absolute atomic E-state index is 0.000796. The molecular formula is C25H29N3O5S. The van der Waals surface area contributed by atoms with Gasteiger partial charge in [0, 0.05) is 17.5 Å². The number of anilines is 1. The van der Waals surface area contributed by atoms with Gasteiger partial charge in [-0.25, -0.2) is 13.9 Å². The Morgan fingerprint density at radius 2 is 1.68 bits per heavy atom. The van der Waals surface area contributed by atoms with E-state index in [0.717, 1.165) is 11.1 Å². The zero-order valence-electron chi connectivity index (χ0n) is 19.5. The van der Waals surface area contributed by atoms with E-state index in [2.05, 4.69) is 0 Å². The summed E-state index contributed by atoms with van der Waals surface area (Å²) in [7, 11) is -2.59. The van der Waals surface area contributed by atoms with Gasteiger partial charge < -0.3 is 16.2 Å². The van der Waals surface area contributed by atoms with E-state index in [0.29, 0.717) is 23.4 Å². The maximum absolute atomic E-state index is 13.4. The molecule has 3 rings (SSSR count). The Kier molecular flexibility index (Phi) is 7.02. The van der Waals surface area contributed by atoms with Gasteiger partial charge in [0.05, 0.1) is 22.6 Å². The Hall–Kier alpha value is -3.40. The molecule has 3 aromatic carbocycles. The van der Waals surface area contributed by atoms with Crippen molar-refractivity contribution in [2.45, 2.75) is 42.5 Å². The average Bonchev–Trinajstić information content (AvgIpc) is 2.84. The van der Waals surface area contributed by atoms with E-state index in [1.165, 1.54) is 37.4 Å². The largest absolute Gasteiger partial charge is 0.497 e. The minimum atomic E-state index is -4.07. The first kappa shape index (κ1) is 25.2. The van der Waals surface area contributed by atoms with Crippen LogP contribution in [0.3, 0.4) is 0 Å². The molecule has 0 fully saturated rings. The van der Waals surface area contributed by atoms with Crippen molar-refractivity contribution >= 4 is 21.4 Å². The minimum Gasteiger partial charge on any atom is -0.497 e. The first-order valence-corrected chi connectivity index (χ1v) is 12.0. The van der Waals surface area contributed by atoms with Gasteiger partial charge in [0.2, 0.25) is 9.84 Å². The summed E-state index contributed by atoms with van der Waals surface area (Å²) < 4.78 is 32.0. The average molecular weight is 484 g/mol. The Balaban J connectivity index is 2.27. The zero-order valence-corrected chi connectivity index (χ0v) is 20.4. The fourth-order valence-corrected chi connectivity index (χ4v) is 5.62. The number of carbonyl (C=O) groups excluding carboxylic acids is 1. The fraction of sp³-hybridized carbons (Fsp3) is 0.240. The van der Waals surface area contributed by atoms with Gasteiger partial charge in [-0.2, -0.15) is 0 Å². The molecule has 0 aliphatic heterocycles. The van der Waals surface area contributed by atoms with E-state index in [1.807, 2.05) is 38.1 Å². The highest BCUT2D eigenvalue weighted by atomic mass is 32.2. The molecule has 0 atom stereocenters. The normalized spacial score (nSPS) is 11.8. The number of nitrogens with one attached hydrogen (secondary N) is 1. The van der Waals surface area contributed by atoms with Crippen LogP contribution in [0.4, 0.5) is 5.69 Å². The Morgan fingerprint density at radius 3 is 2.18 bits per heavy atom. The molecule has 0 aliphatic carbocycles. The number of methoxy groups -OCH3 is 1. The molecule has 0 saturated heterocycles. The lowest BCUT2D eigenvalue weighted by molar-refractivity contribution is 0.0704. The van der Waals surface area contributed by atoms with Crippen LogP contribution >= 0.6 is 0 Å². The summed E-state index contributed by atoms with van der Waals surface area (Å²) in [6, 6.07) is 14.7. The number of amides is 1. The number of sulfone groups is 1. The maximum atomic E-state index is 13.4. The summed E-state index contributed by atoms with van der Waals surface area (Å²) in [5, 5.41) is 9.44. The lowest BCUT2D eigenvalue weighted by Crippen LogP contribution is -2.29. The summed E-state index contributed by atoms with van der Waals surface area (Å²) in [4.78, 5) is 12.5. The number of nitrogens with two attached hydrogens (primary N) is 2. The van der Waals surface area contributed by atoms with Gasteiger partial charge in [0.1, 0.15) is 5.75 Å². The van der Waals surface area contributed by atoms with E-state index in [1.54, 1.807) is 12.4 Å². The molecule has 6 N–H and O–H groups in total. The first-order valence-electron chi connectivity index (χ1n) is 10.6. The van der Waals surface area contributed by atoms with Crippen molar-refractivity contribution in [1.82, 2.24) is 5.48 Å². The molecule has 0 aliphatic rings. The van der Waals surface area contributed by atoms with E-state index in [4.69, 9.17) is 16.2 Å². The summed E-state index contributed by atoms with van der Waals surface area (Å²) >= 11 is 0. The highest BCUT2D eigenvalue weighted by molar-refractivity contribution is 7.91. The van der Waals surface area contributed by atoms with Crippen molar-refractivity contribution < 1.29 is 23.2 Å². The number of carbonyl (C=O) groups is 1. The maximum Gasteiger partial charge on any atom is 0.275 e. The van der Waals surface area contributed by atoms with Crippen LogP contribution in [0.15, 0.2) is 64.4 Å². The van der Waals surface area contributed by atoms with Gasteiger partial charge in [-0.15, -0.1) is 0 Å². The molecule has 9 heteroatoms. The summed E-state index contributed by atoms with van der Waals surface area (Å²) in [5.41, 5.74) is 15.8. The molecule has 0 bridgehead atoms. The number of nitrogen functional groups attached to an aromatic ring is 1. The van der Waals surface area contributed by atoms with Crippen molar-refractivity contribution in [2.24, 2.45) is 5.73 Å². The quantitative estimate of drug-likeness (QED) is 0.229. The van der Waals surface area contributed by atoms with Gasteiger partial charge in [-0.3, -0.25) is 10.0 Å². The molecule has 0 aromatic heterocycles. The molecule has 0 spiro atoms. The molecule has 0 unspecified atom stereocenters. The lowest BCUT2D eigenvalue weighted by atomic mass is 9.73. The van der Waals surface area contributed by atoms with Gasteiger partial charge in [-0.1, -0.05) is 38.1 Å². The van der Waals surface area contributed by atoms with Crippen LogP contribution in [-0.2, 0) is 21.8 Å². The monoisotopic (exact) mass is 483 g/mol. The number of hydrogen-bond donors (Lipinski definition) is 4. The van der Waals surface area contributed by atoms with E-state index >= 15 is 0 Å². The van der Waals surface area contributed by atoms with Crippen LogP contribution in [0, 0.1) is 6.92 Å². The second-order valence-corrected chi connectivity index (χ2v) is 10.4. The molecular weight excluding hydrogens is 454 g/mol. The van der Waals surface area contributed by atoms with Crippen molar-refractivity contribution in [3.63, 3.8) is 0 Å². The van der Waals surface area contributed by atoms with Crippen LogP contribution in [0.5, 0.6) is 5.75 Å². The third kappa shape index (κ3) is 4.37. The smallest absolute Gasteiger partial charge is 0.275 e. The predicted octanol–water partition coefficient (Wildman–Crippen LogP) is 3.32. The molecule has 0 heterocycles. The van der Waals surface area contributed by atoms with Crippen molar-refractivity contribution in [1.29, 1.82) is 0 Å². The number of hydroxylamine groups is 1. The zero-order chi connectivity index (χ0) is 25.3. The first-order chi connectivity index (χ1) is 16.0. The molecule has 3 aromatic rings.